The Morgan fingerprint density at radius 3 is 1.88 bits per heavy atom. The average Bonchev–Trinajstić information content (AvgIpc) is 2.65. The lowest BCUT2D eigenvalue weighted by molar-refractivity contribution is 0.0894. The van der Waals surface area contributed by atoms with Crippen molar-refractivity contribution in [1.82, 2.24) is 0 Å². The fourth-order valence-corrected chi connectivity index (χ4v) is 2.55. The van der Waals surface area contributed by atoms with E-state index in [1.165, 1.54) is 5.56 Å². The highest BCUT2D eigenvalue weighted by Crippen LogP contribution is 2.16. The van der Waals surface area contributed by atoms with Gasteiger partial charge >= 0.3 is 0 Å². The second-order valence-corrected chi connectivity index (χ2v) is 6.20. The molecule has 0 atom stereocenters. The molecule has 0 aliphatic rings. The van der Waals surface area contributed by atoms with Gasteiger partial charge in [0.05, 0.1) is 13.0 Å². The molecule has 0 aromatic heterocycles. The van der Waals surface area contributed by atoms with Crippen LogP contribution in [0.2, 0.25) is 0 Å². The highest BCUT2D eigenvalue weighted by Gasteiger charge is 2.14. The lowest BCUT2D eigenvalue weighted by Crippen LogP contribution is -2.08. The van der Waals surface area contributed by atoms with E-state index in [1.807, 2.05) is 31.2 Å². The van der Waals surface area contributed by atoms with E-state index in [1.54, 1.807) is 24.3 Å². The molecule has 0 unspecified atom stereocenters. The van der Waals surface area contributed by atoms with Crippen molar-refractivity contribution in [1.29, 1.82) is 0 Å². The van der Waals surface area contributed by atoms with E-state index >= 15 is 0 Å². The summed E-state index contributed by atoms with van der Waals surface area (Å²) in [7, 11) is 0. The van der Waals surface area contributed by atoms with Gasteiger partial charge in [0.1, 0.15) is 5.75 Å². The molecule has 0 amide bonds. The molecule has 0 bridgehead atoms. The van der Waals surface area contributed by atoms with Crippen LogP contribution in [0.1, 0.15) is 65.8 Å². The van der Waals surface area contributed by atoms with Gasteiger partial charge in [0, 0.05) is 11.1 Å². The molecule has 0 fully saturated rings. The molecule has 0 radical (unpaired) electrons. The smallest absolute Gasteiger partial charge is 0.170 e. The summed E-state index contributed by atoms with van der Waals surface area (Å²) < 4.78 is 5.50. The molecule has 132 valence electrons. The van der Waals surface area contributed by atoms with E-state index in [-0.39, 0.29) is 18.0 Å². The number of unbranched alkanes of at least 4 members (excludes halogenated alkanes) is 1. The van der Waals surface area contributed by atoms with Crippen LogP contribution < -0.4 is 4.74 Å². The van der Waals surface area contributed by atoms with Crippen LogP contribution in [0.5, 0.6) is 5.75 Å². The maximum atomic E-state index is 12.3. The van der Waals surface area contributed by atoms with Crippen LogP contribution in [-0.2, 0) is 6.42 Å². The maximum Gasteiger partial charge on any atom is 0.170 e. The summed E-state index contributed by atoms with van der Waals surface area (Å²) in [5.41, 5.74) is 2.36. The fraction of sp³-hybridized carbons (Fsp3) is 0.364. The lowest BCUT2D eigenvalue weighted by atomic mass is 9.99. The fourth-order valence-electron chi connectivity index (χ4n) is 2.55. The summed E-state index contributed by atoms with van der Waals surface area (Å²) in [5, 5.41) is 0. The van der Waals surface area contributed by atoms with E-state index in [4.69, 9.17) is 4.74 Å². The summed E-state index contributed by atoms with van der Waals surface area (Å²) in [6, 6.07) is 14.6. The first-order valence-electron chi connectivity index (χ1n) is 9.02. The number of Topliss-reactive ketones (excluding diaryl/α,β-unsaturated/α-hetero) is 2. The number of carbonyl (C=O) groups excluding carboxylic acids is 2. The molecule has 0 saturated heterocycles. The quantitative estimate of drug-likeness (QED) is 0.437. The Morgan fingerprint density at radius 2 is 1.36 bits per heavy atom. The van der Waals surface area contributed by atoms with Crippen molar-refractivity contribution in [2.24, 2.45) is 0 Å². The Morgan fingerprint density at radius 1 is 0.800 bits per heavy atom. The van der Waals surface area contributed by atoms with Crippen LogP contribution in [0, 0.1) is 0 Å². The number of carbonyl (C=O) groups is 2. The number of rotatable bonds is 10. The average molecular weight is 338 g/mol. The molecular formula is C22H26O3. The van der Waals surface area contributed by atoms with Crippen molar-refractivity contribution >= 4 is 11.6 Å². The normalized spacial score (nSPS) is 10.5. The van der Waals surface area contributed by atoms with Gasteiger partial charge in [0.2, 0.25) is 0 Å². The van der Waals surface area contributed by atoms with Gasteiger partial charge in [-0.25, -0.2) is 0 Å². The number of ether oxygens (including phenoxy) is 1. The maximum absolute atomic E-state index is 12.3. The van der Waals surface area contributed by atoms with Gasteiger partial charge < -0.3 is 4.74 Å². The van der Waals surface area contributed by atoms with Gasteiger partial charge in [-0.2, -0.15) is 0 Å². The van der Waals surface area contributed by atoms with Gasteiger partial charge in [-0.15, -0.1) is 0 Å². The molecule has 0 spiro atoms. The third-order valence-corrected chi connectivity index (χ3v) is 4.07. The molecule has 0 heterocycles. The van der Waals surface area contributed by atoms with E-state index < -0.39 is 0 Å². The van der Waals surface area contributed by atoms with Gasteiger partial charge in [-0.3, -0.25) is 9.59 Å². The minimum Gasteiger partial charge on any atom is -0.494 e. The predicted molar refractivity (Wildman–Crippen MR) is 101 cm³/mol. The third kappa shape index (κ3) is 5.86. The van der Waals surface area contributed by atoms with Crippen LogP contribution in [0.25, 0.3) is 0 Å². The van der Waals surface area contributed by atoms with E-state index in [9.17, 15) is 9.59 Å². The molecule has 0 N–H and O–H groups in total. The van der Waals surface area contributed by atoms with Gasteiger partial charge in [0.15, 0.2) is 11.6 Å². The molecule has 3 heteroatoms. The second-order valence-electron chi connectivity index (χ2n) is 6.20. The molecule has 0 aliphatic carbocycles. The molecule has 2 rings (SSSR count). The highest BCUT2D eigenvalue weighted by molar-refractivity contribution is 6.13. The first-order chi connectivity index (χ1) is 12.1. The third-order valence-electron chi connectivity index (χ3n) is 4.07. The van der Waals surface area contributed by atoms with Gasteiger partial charge in [-0.05, 0) is 49.1 Å². The minimum atomic E-state index is -0.165. The monoisotopic (exact) mass is 338 g/mol. The van der Waals surface area contributed by atoms with Crippen molar-refractivity contribution in [2.75, 3.05) is 6.61 Å². The van der Waals surface area contributed by atoms with Gasteiger partial charge in [0.25, 0.3) is 0 Å². The van der Waals surface area contributed by atoms with Crippen LogP contribution in [0.3, 0.4) is 0 Å². The molecular weight excluding hydrogens is 312 g/mol. The number of benzene rings is 2. The standard InChI is InChI=1S/C22H26O3/c1-3-5-6-17-7-9-18(10-8-17)21(23)16-22(24)19-11-13-20(14-12-19)25-15-4-2/h7-14H,3-6,15-16H2,1-2H3. The topological polar surface area (TPSA) is 43.4 Å². The molecule has 0 saturated carbocycles. The Labute approximate surface area is 150 Å². The van der Waals surface area contributed by atoms with Crippen molar-refractivity contribution in [3.63, 3.8) is 0 Å². The summed E-state index contributed by atoms with van der Waals surface area (Å²) in [5.74, 6) is 0.438. The van der Waals surface area contributed by atoms with Crippen LogP contribution in [0.15, 0.2) is 48.5 Å². The number of hydrogen-bond donors (Lipinski definition) is 0. The Bertz CT molecular complexity index is 623. The molecule has 0 aliphatic heterocycles. The summed E-state index contributed by atoms with van der Waals surface area (Å²) in [4.78, 5) is 24.6. The van der Waals surface area contributed by atoms with E-state index in [0.29, 0.717) is 17.7 Å². The second kappa shape index (κ2) is 9.77. The van der Waals surface area contributed by atoms with Gasteiger partial charge in [-0.1, -0.05) is 44.5 Å². The Kier molecular flexibility index (Phi) is 7.39. The number of hydrogen-bond acceptors (Lipinski definition) is 3. The number of aryl methyl sites for hydroxylation is 1. The zero-order valence-corrected chi connectivity index (χ0v) is 15.1. The van der Waals surface area contributed by atoms with Crippen LogP contribution >= 0.6 is 0 Å². The number of ketones is 2. The van der Waals surface area contributed by atoms with Crippen molar-refractivity contribution in [3.05, 3.63) is 65.2 Å². The summed E-state index contributed by atoms with van der Waals surface area (Å²) in [6.45, 7) is 4.85. The lowest BCUT2D eigenvalue weighted by Gasteiger charge is -2.06. The zero-order chi connectivity index (χ0) is 18.1. The first-order valence-corrected chi connectivity index (χ1v) is 9.02. The molecule has 2 aromatic carbocycles. The first kappa shape index (κ1) is 18.9. The van der Waals surface area contributed by atoms with Crippen molar-refractivity contribution in [2.45, 2.75) is 46.0 Å². The highest BCUT2D eigenvalue weighted by atomic mass is 16.5. The predicted octanol–water partition coefficient (Wildman–Crippen LogP) is 5.27. The Balaban J connectivity index is 1.94. The van der Waals surface area contributed by atoms with Crippen LogP contribution in [-0.4, -0.2) is 18.2 Å². The SMILES string of the molecule is CCCCc1ccc(C(=O)CC(=O)c2ccc(OCCC)cc2)cc1. The van der Waals surface area contributed by atoms with Crippen LogP contribution in [0.4, 0.5) is 0 Å². The summed E-state index contributed by atoms with van der Waals surface area (Å²) in [6.07, 6.45) is 4.15. The largest absolute Gasteiger partial charge is 0.494 e. The minimum absolute atomic E-state index is 0.108. The Hall–Kier alpha value is -2.42. The van der Waals surface area contributed by atoms with Crippen molar-refractivity contribution in [3.8, 4) is 5.75 Å². The molecule has 3 nitrogen and oxygen atoms in total. The summed E-state index contributed by atoms with van der Waals surface area (Å²) >= 11 is 0. The van der Waals surface area contributed by atoms with E-state index in [0.717, 1.165) is 31.4 Å². The molecule has 2 aromatic rings. The van der Waals surface area contributed by atoms with E-state index in [2.05, 4.69) is 6.92 Å². The van der Waals surface area contributed by atoms with Crippen molar-refractivity contribution < 1.29 is 14.3 Å². The zero-order valence-electron chi connectivity index (χ0n) is 15.1. The molecule has 25 heavy (non-hydrogen) atoms.